The van der Waals surface area contributed by atoms with Crippen molar-refractivity contribution in [1.29, 1.82) is 0 Å². The van der Waals surface area contributed by atoms with Gasteiger partial charge in [0.05, 0.1) is 25.2 Å². The third-order valence-corrected chi connectivity index (χ3v) is 9.44. The van der Waals surface area contributed by atoms with Crippen molar-refractivity contribution >= 4 is 29.8 Å². The van der Waals surface area contributed by atoms with Crippen LogP contribution in [-0.4, -0.2) is 83.3 Å². The SMILES string of the molecule is Cc1cc(C(=O)N2Cc3ccc(C(=O)N(C)C[C@@H]4OC(=O)O[C@H]4[C@H](O)[C@@H]4COC(=O)O4)n3Cc3ccccc32)ccc1-c1ccccc1C(F)(F)F. The first kappa shape index (κ1) is 34.6. The van der Waals surface area contributed by atoms with Crippen LogP contribution in [0, 0.1) is 6.92 Å². The molecule has 3 aliphatic heterocycles. The molecule has 2 saturated heterocycles. The normalized spacial score (nSPS) is 20.1. The minimum absolute atomic E-state index is 0.0193. The minimum Gasteiger partial charge on any atom is -0.430 e. The van der Waals surface area contributed by atoms with Crippen LogP contribution < -0.4 is 4.90 Å². The Morgan fingerprint density at radius 1 is 0.923 bits per heavy atom. The molecule has 3 aromatic carbocycles. The van der Waals surface area contributed by atoms with Crippen LogP contribution in [0.4, 0.5) is 28.4 Å². The van der Waals surface area contributed by atoms with E-state index >= 15 is 0 Å². The van der Waals surface area contributed by atoms with Gasteiger partial charge in [-0.2, -0.15) is 13.2 Å². The van der Waals surface area contributed by atoms with E-state index in [-0.39, 0.29) is 49.0 Å². The molecule has 0 spiro atoms. The number of likely N-dealkylation sites (N-methyl/N-ethyl adjacent to an activating group) is 1. The van der Waals surface area contributed by atoms with Crippen molar-refractivity contribution in [3.63, 3.8) is 0 Å². The molecule has 7 rings (SSSR count). The zero-order chi connectivity index (χ0) is 36.9. The van der Waals surface area contributed by atoms with Crippen LogP contribution in [-0.2, 0) is 38.2 Å². The quantitative estimate of drug-likeness (QED) is 0.244. The van der Waals surface area contributed by atoms with Gasteiger partial charge in [-0.15, -0.1) is 0 Å². The number of carbonyl (C=O) groups is 4. The van der Waals surface area contributed by atoms with Crippen LogP contribution in [0.15, 0.2) is 78.9 Å². The molecule has 1 aromatic heterocycles. The third kappa shape index (κ3) is 6.43. The van der Waals surface area contributed by atoms with E-state index in [0.717, 1.165) is 11.6 Å². The average Bonchev–Trinajstić information content (AvgIpc) is 3.81. The van der Waals surface area contributed by atoms with Crippen LogP contribution in [0.25, 0.3) is 11.1 Å². The largest absolute Gasteiger partial charge is 0.509 e. The zero-order valence-corrected chi connectivity index (χ0v) is 27.8. The lowest BCUT2D eigenvalue weighted by atomic mass is 9.94. The number of ether oxygens (including phenoxy) is 4. The molecule has 12 nitrogen and oxygen atoms in total. The summed E-state index contributed by atoms with van der Waals surface area (Å²) in [5.74, 6) is -0.822. The van der Waals surface area contributed by atoms with Crippen molar-refractivity contribution < 1.29 is 56.4 Å². The molecule has 0 unspecified atom stereocenters. The number of rotatable bonds is 7. The van der Waals surface area contributed by atoms with Crippen LogP contribution in [0.1, 0.15) is 43.2 Å². The number of benzene rings is 3. The zero-order valence-electron chi connectivity index (χ0n) is 27.8. The van der Waals surface area contributed by atoms with Gasteiger partial charge in [0.25, 0.3) is 11.8 Å². The molecule has 0 bridgehead atoms. The number of halogens is 3. The van der Waals surface area contributed by atoms with Gasteiger partial charge in [-0.1, -0.05) is 42.5 Å². The van der Waals surface area contributed by atoms with E-state index in [1.54, 1.807) is 46.7 Å². The average molecular weight is 720 g/mol. The summed E-state index contributed by atoms with van der Waals surface area (Å²) in [6.07, 6.45) is -11.4. The van der Waals surface area contributed by atoms with Crippen molar-refractivity contribution in [1.82, 2.24) is 9.47 Å². The molecular formula is C37H32F3N3O9. The highest BCUT2D eigenvalue weighted by Gasteiger charge is 2.48. The van der Waals surface area contributed by atoms with Gasteiger partial charge in [0, 0.05) is 24.0 Å². The van der Waals surface area contributed by atoms with Gasteiger partial charge >= 0.3 is 18.5 Å². The summed E-state index contributed by atoms with van der Waals surface area (Å²) in [7, 11) is 1.50. The summed E-state index contributed by atoms with van der Waals surface area (Å²) in [4.78, 5) is 54.3. The fraction of sp³-hybridized carbons (Fsp3) is 0.297. The van der Waals surface area contributed by atoms with E-state index in [4.69, 9.17) is 18.9 Å². The second kappa shape index (κ2) is 13.4. The Labute approximate surface area is 294 Å². The molecule has 4 heterocycles. The number of alkyl halides is 3. The maximum Gasteiger partial charge on any atom is 0.509 e. The first-order valence-electron chi connectivity index (χ1n) is 16.3. The predicted molar refractivity (Wildman–Crippen MR) is 176 cm³/mol. The van der Waals surface area contributed by atoms with Crippen molar-refractivity contribution in [3.8, 4) is 11.1 Å². The Balaban J connectivity index is 1.13. The van der Waals surface area contributed by atoms with E-state index in [1.807, 2.05) is 12.1 Å². The predicted octanol–water partition coefficient (Wildman–Crippen LogP) is 5.56. The number of aliphatic hydroxyl groups excluding tert-OH is 1. The summed E-state index contributed by atoms with van der Waals surface area (Å²) < 4.78 is 63.2. The minimum atomic E-state index is -4.55. The lowest BCUT2D eigenvalue weighted by Crippen LogP contribution is -2.48. The first-order chi connectivity index (χ1) is 24.8. The number of fused-ring (bicyclic) bond motifs is 2. The fourth-order valence-corrected chi connectivity index (χ4v) is 6.85. The van der Waals surface area contributed by atoms with Gasteiger partial charge in [0.2, 0.25) is 0 Å². The summed E-state index contributed by atoms with van der Waals surface area (Å²) in [6, 6.07) is 20.5. The number of hydrogen-bond donors (Lipinski definition) is 1. The van der Waals surface area contributed by atoms with Crippen LogP contribution in [0.5, 0.6) is 0 Å². The molecule has 270 valence electrons. The lowest BCUT2D eigenvalue weighted by molar-refractivity contribution is -0.137. The molecule has 0 aliphatic carbocycles. The van der Waals surface area contributed by atoms with Gasteiger partial charge in [0.15, 0.2) is 18.3 Å². The van der Waals surface area contributed by atoms with Gasteiger partial charge in [-0.3, -0.25) is 9.59 Å². The molecule has 15 heteroatoms. The maximum absolute atomic E-state index is 14.2. The van der Waals surface area contributed by atoms with Gasteiger partial charge in [-0.25, -0.2) is 9.59 Å². The number of hydrogen-bond acceptors (Lipinski definition) is 9. The first-order valence-corrected chi connectivity index (χ1v) is 16.3. The number of aliphatic hydroxyl groups is 1. The summed E-state index contributed by atoms with van der Waals surface area (Å²) in [6.45, 7) is 1.57. The van der Waals surface area contributed by atoms with E-state index < -0.39 is 54.4 Å². The van der Waals surface area contributed by atoms with Crippen molar-refractivity contribution in [2.24, 2.45) is 0 Å². The number of anilines is 1. The Morgan fingerprint density at radius 2 is 1.67 bits per heavy atom. The number of aromatic nitrogens is 1. The Hall–Kier alpha value is -5.83. The highest BCUT2D eigenvalue weighted by atomic mass is 19.4. The maximum atomic E-state index is 14.2. The van der Waals surface area contributed by atoms with E-state index in [9.17, 15) is 37.5 Å². The van der Waals surface area contributed by atoms with Gasteiger partial charge in [-0.05, 0) is 65.6 Å². The number of nitrogens with zero attached hydrogens (tertiary/aromatic N) is 3. The highest BCUT2D eigenvalue weighted by molar-refractivity contribution is 6.07. The topological polar surface area (TPSA) is 137 Å². The lowest BCUT2D eigenvalue weighted by Gasteiger charge is -2.26. The molecule has 2 amide bonds. The summed E-state index contributed by atoms with van der Waals surface area (Å²) >= 11 is 0. The van der Waals surface area contributed by atoms with E-state index in [1.165, 1.54) is 42.3 Å². The molecule has 4 atom stereocenters. The second-order valence-corrected chi connectivity index (χ2v) is 12.8. The molecule has 2 fully saturated rings. The van der Waals surface area contributed by atoms with Crippen LogP contribution in [0.2, 0.25) is 0 Å². The van der Waals surface area contributed by atoms with Crippen molar-refractivity contribution in [2.75, 3.05) is 25.1 Å². The van der Waals surface area contributed by atoms with Gasteiger partial charge in [0.1, 0.15) is 18.4 Å². The number of carbonyl (C=O) groups excluding carboxylic acids is 4. The Bertz CT molecular complexity index is 2080. The summed E-state index contributed by atoms with van der Waals surface area (Å²) in [5.41, 5.74) is 2.66. The number of aryl methyl sites for hydroxylation is 1. The third-order valence-electron chi connectivity index (χ3n) is 9.44. The molecule has 52 heavy (non-hydrogen) atoms. The monoisotopic (exact) mass is 719 g/mol. The standard InChI is InChI=1S/C37H32F3N3O9/c1-20-15-21(11-13-24(20)25-8-4-5-9-26(25)37(38,39)40)33(45)43-17-23-12-14-28(42(23)16-22-7-3-6-10-27(22)43)34(46)41(2)18-29-32(52-36(48)50-29)31(44)30-19-49-35(47)51-30/h3-15,29-32,44H,16-19H2,1-2H3/t29-,30-,31+,32+/m0/s1. The second-order valence-electron chi connectivity index (χ2n) is 12.8. The van der Waals surface area contributed by atoms with Crippen LogP contribution >= 0.6 is 0 Å². The Morgan fingerprint density at radius 3 is 2.40 bits per heavy atom. The van der Waals surface area contributed by atoms with Gasteiger partial charge < -0.3 is 38.4 Å². The molecule has 4 aromatic rings. The van der Waals surface area contributed by atoms with Crippen molar-refractivity contribution in [2.45, 2.75) is 50.6 Å². The smallest absolute Gasteiger partial charge is 0.430 e. The number of cyclic esters (lactones) is 4. The summed E-state index contributed by atoms with van der Waals surface area (Å²) in [5, 5.41) is 10.8. The molecular weight excluding hydrogens is 687 g/mol. The van der Waals surface area contributed by atoms with Crippen LogP contribution in [0.3, 0.4) is 0 Å². The molecule has 0 radical (unpaired) electrons. The van der Waals surface area contributed by atoms with E-state index in [2.05, 4.69) is 0 Å². The molecule has 3 aliphatic rings. The number of amides is 2. The number of para-hydroxylation sites is 1. The fourth-order valence-electron chi connectivity index (χ4n) is 6.85. The van der Waals surface area contributed by atoms with E-state index in [0.29, 0.717) is 22.5 Å². The highest BCUT2D eigenvalue weighted by Crippen LogP contribution is 2.39. The van der Waals surface area contributed by atoms with Crippen molar-refractivity contribution in [3.05, 3.63) is 113 Å². The molecule has 0 saturated carbocycles. The molecule has 1 N–H and O–H groups in total. The Kier molecular flexibility index (Phi) is 8.90.